The molecule has 0 unspecified atom stereocenters. The summed E-state index contributed by atoms with van der Waals surface area (Å²) in [7, 11) is 0. The maximum atomic E-state index is 13.1. The molecule has 0 atom stereocenters. The number of aromatic nitrogens is 1. The average Bonchev–Trinajstić information content (AvgIpc) is 2.42. The van der Waals surface area contributed by atoms with Crippen LogP contribution >= 0.6 is 27.5 Å². The molecule has 1 aromatic heterocycles. The molecule has 1 aromatic carbocycles. The maximum absolute atomic E-state index is 13.1. The molecule has 0 spiro atoms. The minimum atomic E-state index is -0.415. The molecule has 2 aromatic rings. The number of nitrogens with one attached hydrogen (secondary N) is 2. The van der Waals surface area contributed by atoms with E-state index in [1.807, 2.05) is 0 Å². The second kappa shape index (κ2) is 6.17. The Morgan fingerprint density at radius 3 is 2.75 bits per heavy atom. The highest BCUT2D eigenvalue weighted by atomic mass is 79.9. The molecule has 0 bridgehead atoms. The Hall–Kier alpha value is -1.70. The van der Waals surface area contributed by atoms with Gasteiger partial charge in [-0.3, -0.25) is 4.79 Å². The fraction of sp³-hybridized carbons (Fsp3) is 0. The van der Waals surface area contributed by atoms with Gasteiger partial charge in [0.25, 0.3) is 5.91 Å². The van der Waals surface area contributed by atoms with Crippen molar-refractivity contribution < 1.29 is 9.18 Å². The van der Waals surface area contributed by atoms with Crippen LogP contribution in [-0.2, 0) is 0 Å². The number of carbonyl (C=O) groups excluding carboxylic acids is 1. The molecule has 1 heterocycles. The Kier molecular flexibility index (Phi) is 4.53. The molecule has 0 aliphatic carbocycles. The predicted octanol–water partition coefficient (Wildman–Crippen LogP) is 3.17. The van der Waals surface area contributed by atoms with Crippen LogP contribution in [0.25, 0.3) is 0 Å². The number of rotatable bonds is 3. The van der Waals surface area contributed by atoms with Gasteiger partial charge in [0.05, 0.1) is 15.1 Å². The number of nitrogens with two attached hydrogens (primary N) is 1. The number of nitrogens with zero attached hydrogens (tertiary/aromatic N) is 1. The van der Waals surface area contributed by atoms with Crippen molar-refractivity contribution in [2.45, 2.75) is 0 Å². The molecule has 104 valence electrons. The van der Waals surface area contributed by atoms with E-state index in [1.54, 1.807) is 0 Å². The van der Waals surface area contributed by atoms with E-state index in [2.05, 4.69) is 31.7 Å². The van der Waals surface area contributed by atoms with Crippen molar-refractivity contribution >= 4 is 44.9 Å². The normalized spacial score (nSPS) is 10.2. The van der Waals surface area contributed by atoms with Gasteiger partial charge in [-0.25, -0.2) is 15.2 Å². The van der Waals surface area contributed by atoms with E-state index in [-0.39, 0.29) is 20.9 Å². The van der Waals surface area contributed by atoms with Crippen LogP contribution in [0.1, 0.15) is 10.4 Å². The first kappa shape index (κ1) is 14.7. The first-order valence-corrected chi connectivity index (χ1v) is 6.57. The van der Waals surface area contributed by atoms with Gasteiger partial charge in [-0.05, 0) is 40.2 Å². The minimum Gasteiger partial charge on any atom is -0.322 e. The quantitative estimate of drug-likeness (QED) is 0.581. The number of hydrazine groups is 1. The van der Waals surface area contributed by atoms with E-state index in [0.29, 0.717) is 5.69 Å². The van der Waals surface area contributed by atoms with E-state index in [9.17, 15) is 9.18 Å². The summed E-state index contributed by atoms with van der Waals surface area (Å²) in [6.45, 7) is 0. The molecule has 20 heavy (non-hydrogen) atoms. The molecule has 0 saturated carbocycles. The molecule has 0 fully saturated rings. The Bertz CT molecular complexity index is 668. The summed E-state index contributed by atoms with van der Waals surface area (Å²) in [5, 5.41) is 2.83. The Morgan fingerprint density at radius 1 is 1.40 bits per heavy atom. The van der Waals surface area contributed by atoms with Gasteiger partial charge in [0, 0.05) is 11.9 Å². The number of hydrogen-bond acceptors (Lipinski definition) is 4. The van der Waals surface area contributed by atoms with E-state index < -0.39 is 11.7 Å². The van der Waals surface area contributed by atoms with Gasteiger partial charge < -0.3 is 10.7 Å². The van der Waals surface area contributed by atoms with Crippen LogP contribution in [0, 0.1) is 5.82 Å². The number of carbonyl (C=O) groups is 1. The molecule has 8 heteroatoms. The number of halogens is 3. The van der Waals surface area contributed by atoms with Gasteiger partial charge in [0.1, 0.15) is 5.82 Å². The number of pyridine rings is 1. The summed E-state index contributed by atoms with van der Waals surface area (Å²) >= 11 is 8.92. The monoisotopic (exact) mass is 358 g/mol. The fourth-order valence-electron chi connectivity index (χ4n) is 1.45. The maximum Gasteiger partial charge on any atom is 0.257 e. The molecule has 0 saturated heterocycles. The van der Waals surface area contributed by atoms with Gasteiger partial charge in [0.15, 0.2) is 5.82 Å². The zero-order chi connectivity index (χ0) is 14.7. The number of hydrogen-bond donors (Lipinski definition) is 3. The van der Waals surface area contributed by atoms with Crippen LogP contribution in [0.3, 0.4) is 0 Å². The van der Waals surface area contributed by atoms with Gasteiger partial charge in [0.2, 0.25) is 0 Å². The third-order valence-electron chi connectivity index (χ3n) is 2.42. The third kappa shape index (κ3) is 3.24. The summed E-state index contributed by atoms with van der Waals surface area (Å²) in [6.07, 6.45) is 1.33. The lowest BCUT2D eigenvalue weighted by Gasteiger charge is -2.07. The van der Waals surface area contributed by atoms with E-state index in [4.69, 9.17) is 17.4 Å². The van der Waals surface area contributed by atoms with Crippen LogP contribution in [0.15, 0.2) is 34.9 Å². The van der Waals surface area contributed by atoms with E-state index in [0.717, 1.165) is 0 Å². The molecule has 2 rings (SSSR count). The van der Waals surface area contributed by atoms with Gasteiger partial charge >= 0.3 is 0 Å². The summed E-state index contributed by atoms with van der Waals surface area (Å²) in [4.78, 5) is 15.9. The van der Waals surface area contributed by atoms with Gasteiger partial charge in [-0.1, -0.05) is 11.6 Å². The summed E-state index contributed by atoms with van der Waals surface area (Å²) in [5.41, 5.74) is 3.01. The van der Waals surface area contributed by atoms with Crippen LogP contribution in [0.5, 0.6) is 0 Å². The fourth-order valence-corrected chi connectivity index (χ4v) is 2.05. The molecule has 4 N–H and O–H groups in total. The Balaban J connectivity index is 2.19. The smallest absolute Gasteiger partial charge is 0.257 e. The largest absolute Gasteiger partial charge is 0.322 e. The highest BCUT2D eigenvalue weighted by Crippen LogP contribution is 2.22. The second-order valence-corrected chi connectivity index (χ2v) is 5.04. The SMILES string of the molecule is NNc1ncc(C(=O)Nc2ccc(F)c(Br)c2)cc1Cl. The van der Waals surface area contributed by atoms with E-state index in [1.165, 1.54) is 30.5 Å². The number of nitrogen functional groups attached to an aromatic ring is 1. The van der Waals surface area contributed by atoms with Crippen molar-refractivity contribution in [3.63, 3.8) is 0 Å². The van der Waals surface area contributed by atoms with Crippen molar-refractivity contribution in [1.82, 2.24) is 4.98 Å². The van der Waals surface area contributed by atoms with Crippen molar-refractivity contribution in [3.05, 3.63) is 51.3 Å². The molecule has 0 aliphatic rings. The molecule has 0 radical (unpaired) electrons. The summed E-state index contributed by atoms with van der Waals surface area (Å²) in [6, 6.07) is 5.57. The summed E-state index contributed by atoms with van der Waals surface area (Å²) in [5.74, 6) is 4.64. The highest BCUT2D eigenvalue weighted by molar-refractivity contribution is 9.10. The van der Waals surface area contributed by atoms with Gasteiger partial charge in [-0.15, -0.1) is 0 Å². The molecular weight excluding hydrogens is 351 g/mol. The predicted molar refractivity (Wildman–Crippen MR) is 79.1 cm³/mol. The number of amides is 1. The lowest BCUT2D eigenvalue weighted by molar-refractivity contribution is 0.102. The second-order valence-electron chi connectivity index (χ2n) is 3.78. The Morgan fingerprint density at radius 2 is 2.15 bits per heavy atom. The van der Waals surface area contributed by atoms with Crippen molar-refractivity contribution in [2.75, 3.05) is 10.7 Å². The molecule has 1 amide bonds. The van der Waals surface area contributed by atoms with Crippen molar-refractivity contribution in [3.8, 4) is 0 Å². The standard InChI is InChI=1S/C12H9BrClFN4O/c13-8-4-7(1-2-10(8)15)18-12(20)6-3-9(14)11(19-16)17-5-6/h1-5H,16H2,(H,17,19)(H,18,20). The first-order chi connectivity index (χ1) is 9.51. The topological polar surface area (TPSA) is 80.0 Å². The summed E-state index contributed by atoms with van der Waals surface area (Å²) < 4.78 is 13.3. The Labute approximate surface area is 127 Å². The number of anilines is 2. The van der Waals surface area contributed by atoms with Crippen LogP contribution in [-0.4, -0.2) is 10.9 Å². The lowest BCUT2D eigenvalue weighted by atomic mass is 10.2. The average molecular weight is 360 g/mol. The highest BCUT2D eigenvalue weighted by Gasteiger charge is 2.10. The first-order valence-electron chi connectivity index (χ1n) is 5.40. The van der Waals surface area contributed by atoms with Crippen molar-refractivity contribution in [1.29, 1.82) is 0 Å². The van der Waals surface area contributed by atoms with Crippen LogP contribution in [0.2, 0.25) is 5.02 Å². The van der Waals surface area contributed by atoms with Crippen LogP contribution < -0.4 is 16.6 Å². The molecular formula is C12H9BrClFN4O. The van der Waals surface area contributed by atoms with E-state index >= 15 is 0 Å². The molecule has 0 aliphatic heterocycles. The zero-order valence-corrected chi connectivity index (χ0v) is 12.3. The number of benzene rings is 1. The van der Waals surface area contributed by atoms with Gasteiger partial charge in [-0.2, -0.15) is 0 Å². The lowest BCUT2D eigenvalue weighted by Crippen LogP contribution is -2.14. The van der Waals surface area contributed by atoms with Crippen molar-refractivity contribution in [2.24, 2.45) is 5.84 Å². The van der Waals surface area contributed by atoms with Crippen LogP contribution in [0.4, 0.5) is 15.9 Å². The third-order valence-corrected chi connectivity index (χ3v) is 3.31. The molecule has 5 nitrogen and oxygen atoms in total. The minimum absolute atomic E-state index is 0.223. The zero-order valence-electron chi connectivity index (χ0n) is 9.95.